The summed E-state index contributed by atoms with van der Waals surface area (Å²) in [6.07, 6.45) is 7.24. The third kappa shape index (κ3) is 16.0. The highest BCUT2D eigenvalue weighted by molar-refractivity contribution is 14.1. The van der Waals surface area contributed by atoms with Crippen LogP contribution in [0.25, 0.3) is 33.5 Å². The minimum atomic E-state index is -0.153. The minimum absolute atomic E-state index is 0.118. The van der Waals surface area contributed by atoms with E-state index in [2.05, 4.69) is 224 Å². The summed E-state index contributed by atoms with van der Waals surface area (Å²) in [5.41, 5.74) is 17.3. The van der Waals surface area contributed by atoms with Crippen LogP contribution in [0.3, 0.4) is 0 Å². The maximum Gasteiger partial charge on any atom is 0.178 e. The molecule has 368 valence electrons. The smallest absolute Gasteiger partial charge is 0.178 e. The number of nitrogens with one attached hydrogen (secondary N) is 1. The van der Waals surface area contributed by atoms with Gasteiger partial charge in [0.2, 0.25) is 0 Å². The first kappa shape index (κ1) is 56.4. The number of rotatable bonds is 8. The third-order valence-corrected chi connectivity index (χ3v) is 13.1. The van der Waals surface area contributed by atoms with E-state index in [4.69, 9.17) is 30.1 Å². The van der Waals surface area contributed by atoms with Crippen LogP contribution in [-0.2, 0) is 37.7 Å². The third-order valence-electron chi connectivity index (χ3n) is 11.0. The minimum Gasteiger partial charge on any atom is -0.384 e. The van der Waals surface area contributed by atoms with E-state index in [1.54, 1.807) is 0 Å². The van der Waals surface area contributed by atoms with Gasteiger partial charge in [0.05, 0.1) is 18.6 Å². The molecule has 11 nitrogen and oxygen atoms in total. The number of terminal acetylenes is 1. The Kier molecular flexibility index (Phi) is 22.2. The standard InChI is InChI=1S/C20H21N3O.C17H18IN3.C10H13N3.C7H6BrI.C3H4O/c1-4-18-22-19-14(2)12-15(3)21-20(19)23(18)13-17-9-7-16(8-10-17)6-5-11-24;1-4-15-20-16-11(2)9-12(3)19-17(16)21(15)10-13-5-7-14(18)8-6-13;1-4-8-12-9-6(2)5-7(3)11-10(9)13-8;8-5-6-1-3-7(9)4-2-6;1-2-3-4/h7-10,12,24H,4,11,13H2,1-3H3;5-9H,4,10H2,1-3H3;5H,4H2,1-3H3,(H,11,12,13);1-4H,5H2;1,4H,3H2. The Hall–Kier alpha value is -5.50. The fourth-order valence-corrected chi connectivity index (χ4v) is 8.75. The molecule has 0 aliphatic carbocycles. The zero-order valence-corrected chi connectivity index (χ0v) is 47.9. The van der Waals surface area contributed by atoms with Crippen molar-refractivity contribution in [2.75, 3.05) is 13.2 Å². The van der Waals surface area contributed by atoms with Crippen LogP contribution >= 0.6 is 61.1 Å². The second-order valence-corrected chi connectivity index (χ2v) is 19.7. The van der Waals surface area contributed by atoms with E-state index in [1.807, 2.05) is 38.8 Å². The number of aliphatic hydroxyl groups excluding tert-OH is 2. The van der Waals surface area contributed by atoms with Gasteiger partial charge in [-0.05, 0) is 175 Å². The summed E-state index contributed by atoms with van der Waals surface area (Å²) in [5, 5.41) is 17.4. The maximum atomic E-state index is 8.77. The summed E-state index contributed by atoms with van der Waals surface area (Å²) in [5.74, 6) is 10.7. The number of hydrogen-bond acceptors (Lipinski definition) is 8. The second-order valence-electron chi connectivity index (χ2n) is 16.7. The fraction of sp³-hybridized carbons (Fsp3) is 0.298. The van der Waals surface area contributed by atoms with Gasteiger partial charge in [-0.25, -0.2) is 29.9 Å². The van der Waals surface area contributed by atoms with Gasteiger partial charge in [0, 0.05) is 54.4 Å². The van der Waals surface area contributed by atoms with Gasteiger partial charge in [-0.15, -0.1) is 6.42 Å². The number of benzene rings is 3. The number of aryl methyl sites for hydroxylation is 9. The molecule has 6 heterocycles. The van der Waals surface area contributed by atoms with E-state index >= 15 is 0 Å². The summed E-state index contributed by atoms with van der Waals surface area (Å²) in [7, 11) is 0. The van der Waals surface area contributed by atoms with Crippen LogP contribution in [0.2, 0.25) is 0 Å². The van der Waals surface area contributed by atoms with Crippen LogP contribution in [0.1, 0.15) is 94.3 Å². The lowest BCUT2D eigenvalue weighted by Crippen LogP contribution is -2.05. The summed E-state index contributed by atoms with van der Waals surface area (Å²) in [6, 6.07) is 31.4. The number of aromatic nitrogens is 9. The van der Waals surface area contributed by atoms with Gasteiger partial charge in [-0.1, -0.05) is 90.9 Å². The van der Waals surface area contributed by atoms with Crippen molar-refractivity contribution in [2.24, 2.45) is 0 Å². The lowest BCUT2D eigenvalue weighted by Gasteiger charge is -2.08. The molecule has 0 saturated carbocycles. The predicted octanol–water partition coefficient (Wildman–Crippen LogP) is 12.2. The Bertz CT molecular complexity index is 3270. The highest BCUT2D eigenvalue weighted by atomic mass is 127. The normalized spacial score (nSPS) is 10.4. The Morgan fingerprint density at radius 3 is 1.44 bits per heavy atom. The lowest BCUT2D eigenvalue weighted by atomic mass is 10.1. The number of imidazole rings is 3. The average Bonchev–Trinajstić information content (AvgIpc) is 4.06. The van der Waals surface area contributed by atoms with Crippen LogP contribution in [0.5, 0.6) is 0 Å². The molecule has 0 bridgehead atoms. The topological polar surface area (TPSA) is 143 Å². The number of hydrogen-bond donors (Lipinski definition) is 3. The molecule has 0 aliphatic heterocycles. The van der Waals surface area contributed by atoms with Gasteiger partial charge in [0.15, 0.2) is 16.9 Å². The molecule has 0 radical (unpaired) electrons. The number of aromatic amines is 1. The van der Waals surface area contributed by atoms with Crippen molar-refractivity contribution in [3.05, 3.63) is 172 Å². The molecule has 0 unspecified atom stereocenters. The Morgan fingerprint density at radius 2 is 1.01 bits per heavy atom. The molecular weight excluding hydrogens is 1180 g/mol. The average molecular weight is 1240 g/mol. The zero-order valence-electron chi connectivity index (χ0n) is 42.0. The van der Waals surface area contributed by atoms with Crippen LogP contribution in [0.4, 0.5) is 0 Å². The van der Waals surface area contributed by atoms with E-state index in [9.17, 15) is 0 Å². The number of nitrogens with zero attached hydrogens (tertiary/aromatic N) is 8. The molecule has 0 saturated heterocycles. The predicted molar refractivity (Wildman–Crippen MR) is 311 cm³/mol. The molecule has 9 aromatic rings. The Labute approximate surface area is 454 Å². The molecule has 0 spiro atoms. The first-order chi connectivity index (χ1) is 34.1. The van der Waals surface area contributed by atoms with E-state index in [0.717, 1.165) is 111 Å². The number of halogens is 3. The number of aliphatic hydroxyl groups is 2. The summed E-state index contributed by atoms with van der Waals surface area (Å²) in [4.78, 5) is 31.0. The van der Waals surface area contributed by atoms with E-state index in [0.29, 0.717) is 0 Å². The number of pyridine rings is 3. The molecule has 0 atom stereocenters. The zero-order chi connectivity index (χ0) is 51.6. The monoisotopic (exact) mass is 1240 g/mol. The Balaban J connectivity index is 0.000000181. The van der Waals surface area contributed by atoms with Crippen LogP contribution in [0, 0.1) is 72.9 Å². The molecular formula is C57H62BrI2N9O2. The molecule has 14 heteroatoms. The maximum absolute atomic E-state index is 8.77. The molecule has 0 fully saturated rings. The van der Waals surface area contributed by atoms with Crippen LogP contribution in [-0.4, -0.2) is 67.4 Å². The molecule has 3 N–H and O–H groups in total. The van der Waals surface area contributed by atoms with Crippen molar-refractivity contribution in [3.8, 4) is 24.2 Å². The molecule has 6 aromatic heterocycles. The largest absolute Gasteiger partial charge is 0.384 e. The van der Waals surface area contributed by atoms with Gasteiger partial charge >= 0.3 is 0 Å². The van der Waals surface area contributed by atoms with Crippen molar-refractivity contribution >= 4 is 94.6 Å². The van der Waals surface area contributed by atoms with Gasteiger partial charge < -0.3 is 24.3 Å². The molecule has 0 amide bonds. The number of H-pyrrole nitrogens is 1. The van der Waals surface area contributed by atoms with Crippen molar-refractivity contribution < 1.29 is 10.2 Å². The van der Waals surface area contributed by atoms with Crippen molar-refractivity contribution in [3.63, 3.8) is 0 Å². The summed E-state index contributed by atoms with van der Waals surface area (Å²) < 4.78 is 6.99. The Morgan fingerprint density at radius 1 is 0.577 bits per heavy atom. The fourth-order valence-electron chi connectivity index (χ4n) is 7.65. The summed E-state index contributed by atoms with van der Waals surface area (Å²) in [6.45, 7) is 20.0. The van der Waals surface area contributed by atoms with Gasteiger partial charge in [-0.3, -0.25) is 0 Å². The number of fused-ring (bicyclic) bond motifs is 3. The molecule has 9 rings (SSSR count). The highest BCUT2D eigenvalue weighted by Crippen LogP contribution is 2.23. The van der Waals surface area contributed by atoms with E-state index in [1.165, 1.54) is 40.5 Å². The number of alkyl halides is 1. The summed E-state index contributed by atoms with van der Waals surface area (Å²) >= 11 is 8.01. The van der Waals surface area contributed by atoms with Crippen molar-refractivity contribution in [2.45, 2.75) is 100.0 Å². The van der Waals surface area contributed by atoms with Gasteiger partial charge in [0.1, 0.15) is 41.7 Å². The molecule has 3 aromatic carbocycles. The van der Waals surface area contributed by atoms with Crippen molar-refractivity contribution in [1.29, 1.82) is 0 Å². The first-order valence-electron chi connectivity index (χ1n) is 23.4. The lowest BCUT2D eigenvalue weighted by molar-refractivity contribution is 0.350. The van der Waals surface area contributed by atoms with E-state index in [-0.39, 0.29) is 13.2 Å². The van der Waals surface area contributed by atoms with Crippen molar-refractivity contribution in [1.82, 2.24) is 44.0 Å². The quantitative estimate of drug-likeness (QED) is 0.0775. The SMILES string of the molecule is BrCc1ccc(I)cc1.C#CCO.CCc1nc2c(C)cc(C)nc2n1Cc1ccc(C#CCO)cc1.CCc1nc2c(C)cc(C)nc2n1Cc1ccc(I)cc1.CCc1nc2nc(C)cc(C)c2[nH]1. The van der Waals surface area contributed by atoms with E-state index < -0.39 is 0 Å². The van der Waals surface area contributed by atoms with Crippen LogP contribution in [0.15, 0.2) is 91.0 Å². The van der Waals surface area contributed by atoms with Gasteiger partial charge in [-0.2, -0.15) is 0 Å². The highest BCUT2D eigenvalue weighted by Gasteiger charge is 2.15. The van der Waals surface area contributed by atoms with Gasteiger partial charge in [0.25, 0.3) is 0 Å². The molecule has 71 heavy (non-hydrogen) atoms. The first-order valence-corrected chi connectivity index (χ1v) is 26.7. The second kappa shape index (κ2) is 27.9. The van der Waals surface area contributed by atoms with Crippen LogP contribution < -0.4 is 0 Å². The molecule has 0 aliphatic rings.